The van der Waals surface area contributed by atoms with Gasteiger partial charge >= 0.3 is 6.09 Å². The Morgan fingerprint density at radius 3 is 2.26 bits per heavy atom. The molecule has 0 aromatic heterocycles. The van der Waals surface area contributed by atoms with Crippen LogP contribution in [0, 0.1) is 32.1 Å². The Morgan fingerprint density at radius 2 is 1.67 bits per heavy atom. The molecule has 10 heteroatoms. The molecule has 0 aliphatic rings. The quantitative estimate of drug-likeness (QED) is 0.393. The van der Waals surface area contributed by atoms with Crippen LogP contribution >= 0.6 is 0 Å². The summed E-state index contributed by atoms with van der Waals surface area (Å²) in [6.07, 6.45) is -1.24. The number of nitrogens with one attached hydrogen (secondary N) is 2. The number of nitrogens with zero attached hydrogens (tertiary/aromatic N) is 2. The van der Waals surface area contributed by atoms with E-state index >= 15 is 0 Å². The molecule has 0 fully saturated rings. The van der Waals surface area contributed by atoms with Crippen LogP contribution in [0.3, 0.4) is 0 Å². The molecule has 4 amide bonds. The lowest BCUT2D eigenvalue weighted by Gasteiger charge is -2.33. The van der Waals surface area contributed by atoms with Gasteiger partial charge in [0.05, 0.1) is 6.07 Å². The highest BCUT2D eigenvalue weighted by Gasteiger charge is 2.37. The molecule has 0 saturated heterocycles. The molecule has 0 bridgehead atoms. The fourth-order valence-electron chi connectivity index (χ4n) is 4.00. The molecule has 0 saturated carbocycles. The summed E-state index contributed by atoms with van der Waals surface area (Å²) in [6.45, 7) is 10.1. The Kier molecular flexibility index (Phi) is 10.6. The summed E-state index contributed by atoms with van der Waals surface area (Å²) in [5, 5.41) is 15.1. The number of benzene rings is 2. The lowest BCUT2D eigenvalue weighted by Crippen LogP contribution is -2.52. The molecule has 2 aromatic carbocycles. The second-order valence-corrected chi connectivity index (χ2v) is 10.3. The van der Waals surface area contributed by atoms with Crippen molar-refractivity contribution in [3.8, 4) is 6.07 Å². The SMILES string of the molecule is Cc1ccccc1NC(=O)C(c1cccc(C)c1C)N(CC#N)C(=O)C(CCC(N)=O)NC(=O)OC(C)(C)C. The van der Waals surface area contributed by atoms with E-state index in [1.807, 2.05) is 45.0 Å². The second kappa shape index (κ2) is 13.4. The van der Waals surface area contributed by atoms with Gasteiger partial charge < -0.3 is 26.0 Å². The van der Waals surface area contributed by atoms with Crippen molar-refractivity contribution in [2.75, 3.05) is 11.9 Å². The normalized spacial score (nSPS) is 12.4. The van der Waals surface area contributed by atoms with Crippen molar-refractivity contribution >= 4 is 29.5 Å². The zero-order valence-corrected chi connectivity index (χ0v) is 23.3. The summed E-state index contributed by atoms with van der Waals surface area (Å²) in [5.74, 6) is -1.93. The molecular weight excluding hydrogens is 498 g/mol. The number of nitriles is 1. The Labute approximate surface area is 229 Å². The summed E-state index contributed by atoms with van der Waals surface area (Å²) in [4.78, 5) is 53.1. The molecule has 2 rings (SSSR count). The predicted molar refractivity (Wildman–Crippen MR) is 147 cm³/mol. The number of carbonyl (C=O) groups excluding carboxylic acids is 4. The first-order chi connectivity index (χ1) is 18.2. The highest BCUT2D eigenvalue weighted by atomic mass is 16.6. The summed E-state index contributed by atoms with van der Waals surface area (Å²) >= 11 is 0. The van der Waals surface area contributed by atoms with Crippen LogP contribution in [0.1, 0.15) is 61.9 Å². The molecular formula is C29H37N5O5. The van der Waals surface area contributed by atoms with Crippen LogP contribution in [0.15, 0.2) is 42.5 Å². The van der Waals surface area contributed by atoms with E-state index in [1.165, 1.54) is 0 Å². The van der Waals surface area contributed by atoms with Crippen molar-refractivity contribution in [3.05, 3.63) is 64.7 Å². The predicted octanol–water partition coefficient (Wildman–Crippen LogP) is 3.80. The van der Waals surface area contributed by atoms with Gasteiger partial charge in [0, 0.05) is 12.1 Å². The van der Waals surface area contributed by atoms with Gasteiger partial charge in [0.15, 0.2) is 0 Å². The molecule has 2 atom stereocenters. The van der Waals surface area contributed by atoms with Crippen molar-refractivity contribution in [2.24, 2.45) is 5.73 Å². The van der Waals surface area contributed by atoms with Crippen molar-refractivity contribution in [1.82, 2.24) is 10.2 Å². The minimum Gasteiger partial charge on any atom is -0.444 e. The minimum atomic E-state index is -1.28. The van der Waals surface area contributed by atoms with Crippen molar-refractivity contribution < 1.29 is 23.9 Å². The van der Waals surface area contributed by atoms with Gasteiger partial charge in [-0.1, -0.05) is 36.4 Å². The molecule has 39 heavy (non-hydrogen) atoms. The summed E-state index contributed by atoms with van der Waals surface area (Å²) in [5.41, 5.74) is 8.03. The van der Waals surface area contributed by atoms with E-state index in [0.717, 1.165) is 21.6 Å². The number of rotatable bonds is 10. The van der Waals surface area contributed by atoms with Gasteiger partial charge in [-0.25, -0.2) is 4.79 Å². The minimum absolute atomic E-state index is 0.145. The van der Waals surface area contributed by atoms with Crippen LogP contribution in [0.2, 0.25) is 0 Å². The molecule has 0 heterocycles. The topological polar surface area (TPSA) is 155 Å². The number of amides is 4. The van der Waals surface area contributed by atoms with E-state index in [4.69, 9.17) is 10.5 Å². The molecule has 2 aromatic rings. The first kappa shape index (κ1) is 30.8. The van der Waals surface area contributed by atoms with E-state index in [9.17, 15) is 24.4 Å². The Morgan fingerprint density at radius 1 is 1.03 bits per heavy atom. The third kappa shape index (κ3) is 8.85. The smallest absolute Gasteiger partial charge is 0.408 e. The van der Waals surface area contributed by atoms with E-state index in [2.05, 4.69) is 10.6 Å². The van der Waals surface area contributed by atoms with Gasteiger partial charge in [0.1, 0.15) is 24.2 Å². The molecule has 0 aliphatic heterocycles. The summed E-state index contributed by atoms with van der Waals surface area (Å²) in [6, 6.07) is 12.0. The maximum absolute atomic E-state index is 14.0. The highest BCUT2D eigenvalue weighted by molar-refractivity contribution is 5.99. The molecule has 4 N–H and O–H groups in total. The number of ether oxygens (including phenoxy) is 1. The van der Waals surface area contributed by atoms with Crippen molar-refractivity contribution in [1.29, 1.82) is 5.26 Å². The number of hydrogen-bond donors (Lipinski definition) is 3. The van der Waals surface area contributed by atoms with Crippen LogP contribution in [0.4, 0.5) is 10.5 Å². The molecule has 0 spiro atoms. The maximum atomic E-state index is 14.0. The molecule has 208 valence electrons. The van der Waals surface area contributed by atoms with Crippen LogP contribution in [-0.2, 0) is 19.1 Å². The standard InChI is InChI=1S/C29H37N5O5/c1-18-11-9-12-21(20(18)3)25(26(36)32-22-13-8-7-10-19(22)2)34(17-16-30)27(37)23(14-15-24(31)35)33-28(38)39-29(4,5)6/h7-13,23,25H,14-15,17H2,1-6H3,(H2,31,35)(H,32,36)(H,33,38). The molecule has 2 unspecified atom stereocenters. The first-order valence-corrected chi connectivity index (χ1v) is 12.6. The van der Waals surface area contributed by atoms with Gasteiger partial charge in [-0.05, 0) is 76.3 Å². The average Bonchev–Trinajstić information content (AvgIpc) is 2.83. The van der Waals surface area contributed by atoms with Crippen molar-refractivity contribution in [3.63, 3.8) is 0 Å². The molecule has 0 radical (unpaired) electrons. The number of alkyl carbamates (subject to hydrolysis) is 1. The zero-order chi connectivity index (χ0) is 29.3. The van der Waals surface area contributed by atoms with Gasteiger partial charge in [-0.3, -0.25) is 14.4 Å². The number of aryl methyl sites for hydroxylation is 2. The van der Waals surface area contributed by atoms with Gasteiger partial charge in [0.2, 0.25) is 11.8 Å². The van der Waals surface area contributed by atoms with Crippen LogP contribution in [-0.4, -0.2) is 46.9 Å². The largest absolute Gasteiger partial charge is 0.444 e. The van der Waals surface area contributed by atoms with Gasteiger partial charge in [-0.15, -0.1) is 0 Å². The third-order valence-corrected chi connectivity index (χ3v) is 6.10. The monoisotopic (exact) mass is 535 g/mol. The third-order valence-electron chi connectivity index (χ3n) is 6.10. The first-order valence-electron chi connectivity index (χ1n) is 12.6. The Hall–Kier alpha value is -4.39. The van der Waals surface area contributed by atoms with E-state index in [0.29, 0.717) is 11.3 Å². The fraction of sp³-hybridized carbons (Fsp3) is 0.414. The fourth-order valence-corrected chi connectivity index (χ4v) is 4.00. The number of carbonyl (C=O) groups is 4. The zero-order valence-electron chi connectivity index (χ0n) is 23.3. The van der Waals surface area contributed by atoms with Crippen LogP contribution in [0.25, 0.3) is 0 Å². The van der Waals surface area contributed by atoms with Crippen molar-refractivity contribution in [2.45, 2.75) is 72.1 Å². The van der Waals surface area contributed by atoms with Crippen LogP contribution < -0.4 is 16.4 Å². The number of para-hydroxylation sites is 1. The van der Waals surface area contributed by atoms with E-state index < -0.39 is 48.0 Å². The highest BCUT2D eigenvalue weighted by Crippen LogP contribution is 2.29. The van der Waals surface area contributed by atoms with E-state index in [-0.39, 0.29) is 12.8 Å². The lowest BCUT2D eigenvalue weighted by atomic mass is 9.94. The number of primary amides is 1. The van der Waals surface area contributed by atoms with Crippen LogP contribution in [0.5, 0.6) is 0 Å². The maximum Gasteiger partial charge on any atom is 0.408 e. The number of anilines is 1. The molecule has 10 nitrogen and oxygen atoms in total. The Bertz CT molecular complexity index is 1260. The number of nitrogens with two attached hydrogens (primary N) is 1. The summed E-state index contributed by atoms with van der Waals surface area (Å²) in [7, 11) is 0. The number of hydrogen-bond acceptors (Lipinski definition) is 6. The lowest BCUT2D eigenvalue weighted by molar-refractivity contribution is -0.140. The van der Waals surface area contributed by atoms with Gasteiger partial charge in [0.25, 0.3) is 5.91 Å². The van der Waals surface area contributed by atoms with Gasteiger partial charge in [-0.2, -0.15) is 5.26 Å². The van der Waals surface area contributed by atoms with E-state index in [1.54, 1.807) is 45.0 Å². The second-order valence-electron chi connectivity index (χ2n) is 10.3. The molecule has 0 aliphatic carbocycles. The average molecular weight is 536 g/mol. The Balaban J connectivity index is 2.58. The summed E-state index contributed by atoms with van der Waals surface area (Å²) < 4.78 is 5.30.